The van der Waals surface area contributed by atoms with Crippen molar-refractivity contribution in [3.05, 3.63) is 77.7 Å². The van der Waals surface area contributed by atoms with Gasteiger partial charge in [-0.3, -0.25) is 9.69 Å². The quantitative estimate of drug-likeness (QED) is 0.394. The number of para-hydroxylation sites is 1. The van der Waals surface area contributed by atoms with Gasteiger partial charge in [0, 0.05) is 18.7 Å². The molecule has 1 amide bonds. The summed E-state index contributed by atoms with van der Waals surface area (Å²) in [6.45, 7) is 3.29. The van der Waals surface area contributed by atoms with E-state index in [1.807, 2.05) is 31.2 Å². The molecule has 0 atom stereocenters. The molecule has 0 unspecified atom stereocenters. The van der Waals surface area contributed by atoms with Gasteiger partial charge in [0.2, 0.25) is 10.0 Å². The summed E-state index contributed by atoms with van der Waals surface area (Å²) < 4.78 is 33.6. The lowest BCUT2D eigenvalue weighted by Gasteiger charge is -2.19. The minimum absolute atomic E-state index is 0.203. The van der Waals surface area contributed by atoms with Crippen molar-refractivity contribution in [3.63, 3.8) is 0 Å². The van der Waals surface area contributed by atoms with Crippen LogP contribution in [0.25, 0.3) is 10.2 Å². The van der Waals surface area contributed by atoms with Crippen molar-refractivity contribution >= 4 is 42.6 Å². The molecular weight excluding hydrogens is 458 g/mol. The fourth-order valence-corrected chi connectivity index (χ4v) is 6.54. The van der Waals surface area contributed by atoms with Crippen LogP contribution in [0.1, 0.15) is 34.5 Å². The Labute approximate surface area is 196 Å². The second-order valence-electron chi connectivity index (χ2n) is 8.02. The van der Waals surface area contributed by atoms with Crippen LogP contribution in [0.4, 0.5) is 5.13 Å². The van der Waals surface area contributed by atoms with E-state index >= 15 is 0 Å². The van der Waals surface area contributed by atoms with Crippen LogP contribution in [-0.2, 0) is 16.6 Å². The van der Waals surface area contributed by atoms with E-state index in [4.69, 9.17) is 9.40 Å². The number of fused-ring (bicyclic) bond motifs is 1. The number of aryl methyl sites for hydroxylation is 1. The Bertz CT molecular complexity index is 1390. The summed E-state index contributed by atoms with van der Waals surface area (Å²) in [6.07, 6.45) is 3.32. The van der Waals surface area contributed by atoms with E-state index in [1.54, 1.807) is 29.4 Å². The highest BCUT2D eigenvalue weighted by Gasteiger charge is 2.28. The van der Waals surface area contributed by atoms with Gasteiger partial charge in [-0.25, -0.2) is 13.4 Å². The number of thiazole rings is 1. The maximum atomic E-state index is 13.5. The van der Waals surface area contributed by atoms with Gasteiger partial charge in [-0.1, -0.05) is 23.5 Å². The highest BCUT2D eigenvalue weighted by atomic mass is 32.2. The largest absolute Gasteiger partial charge is 0.467 e. The molecule has 0 aliphatic carbocycles. The zero-order chi connectivity index (χ0) is 23.0. The number of hydrogen-bond donors (Lipinski definition) is 0. The first-order chi connectivity index (χ1) is 15.9. The number of sulfonamides is 1. The van der Waals surface area contributed by atoms with Crippen molar-refractivity contribution in [2.24, 2.45) is 0 Å². The summed E-state index contributed by atoms with van der Waals surface area (Å²) in [7, 11) is -3.53. The molecule has 4 aromatic rings. The van der Waals surface area contributed by atoms with Crippen molar-refractivity contribution in [2.45, 2.75) is 31.2 Å². The lowest BCUT2D eigenvalue weighted by atomic mass is 10.2. The minimum Gasteiger partial charge on any atom is -0.467 e. The van der Waals surface area contributed by atoms with E-state index in [0.29, 0.717) is 29.5 Å². The molecule has 1 aliphatic heterocycles. The van der Waals surface area contributed by atoms with Crippen molar-refractivity contribution in [3.8, 4) is 0 Å². The number of rotatable bonds is 6. The van der Waals surface area contributed by atoms with Crippen LogP contribution in [0.3, 0.4) is 0 Å². The van der Waals surface area contributed by atoms with E-state index < -0.39 is 10.0 Å². The molecule has 2 aromatic heterocycles. The summed E-state index contributed by atoms with van der Waals surface area (Å²) in [5.74, 6) is 0.362. The zero-order valence-electron chi connectivity index (χ0n) is 18.1. The number of benzene rings is 2. The van der Waals surface area contributed by atoms with Crippen molar-refractivity contribution in [1.82, 2.24) is 9.29 Å². The Hall–Kier alpha value is -3.01. The van der Waals surface area contributed by atoms with Crippen molar-refractivity contribution in [1.29, 1.82) is 0 Å². The van der Waals surface area contributed by atoms with Gasteiger partial charge < -0.3 is 4.42 Å². The SMILES string of the molecule is Cc1cccc2sc(N(Cc3ccco3)C(=O)c3ccc(S(=O)(=O)N4CCCC4)cc3)nc12. The second-order valence-corrected chi connectivity index (χ2v) is 11.0. The molecule has 1 fully saturated rings. The first-order valence-corrected chi connectivity index (χ1v) is 13.0. The minimum atomic E-state index is -3.53. The summed E-state index contributed by atoms with van der Waals surface area (Å²) in [5, 5.41) is 0.564. The number of nitrogens with zero attached hydrogens (tertiary/aromatic N) is 3. The normalized spacial score (nSPS) is 14.7. The third-order valence-electron chi connectivity index (χ3n) is 5.78. The average molecular weight is 482 g/mol. The zero-order valence-corrected chi connectivity index (χ0v) is 19.7. The number of anilines is 1. The first kappa shape index (κ1) is 21.8. The van der Waals surface area contributed by atoms with Crippen molar-refractivity contribution in [2.75, 3.05) is 18.0 Å². The maximum Gasteiger partial charge on any atom is 0.260 e. The van der Waals surface area contributed by atoms with E-state index in [1.165, 1.54) is 27.8 Å². The molecule has 3 heterocycles. The highest BCUT2D eigenvalue weighted by Crippen LogP contribution is 2.32. The van der Waals surface area contributed by atoms with Gasteiger partial charge in [-0.05, 0) is 67.8 Å². The number of carbonyl (C=O) groups is 1. The number of amides is 1. The molecule has 170 valence electrons. The predicted octanol–water partition coefficient (Wildman–Crippen LogP) is 4.83. The lowest BCUT2D eigenvalue weighted by Crippen LogP contribution is -2.30. The van der Waals surface area contributed by atoms with E-state index in [0.717, 1.165) is 28.6 Å². The topological polar surface area (TPSA) is 83.7 Å². The van der Waals surface area contributed by atoms with E-state index in [9.17, 15) is 13.2 Å². The molecule has 33 heavy (non-hydrogen) atoms. The van der Waals surface area contributed by atoms with E-state index in [-0.39, 0.29) is 17.3 Å². The van der Waals surface area contributed by atoms with Gasteiger partial charge in [0.1, 0.15) is 5.76 Å². The Kier molecular flexibility index (Phi) is 5.77. The van der Waals surface area contributed by atoms with Crippen LogP contribution in [0, 0.1) is 6.92 Å². The Balaban J connectivity index is 1.48. The van der Waals surface area contributed by atoms with Gasteiger partial charge >= 0.3 is 0 Å². The van der Waals surface area contributed by atoms with Crippen LogP contribution in [-0.4, -0.2) is 36.7 Å². The third kappa shape index (κ3) is 4.19. The van der Waals surface area contributed by atoms with Crippen LogP contribution in [0.5, 0.6) is 0 Å². The molecule has 0 radical (unpaired) electrons. The van der Waals surface area contributed by atoms with Gasteiger partial charge in [0.15, 0.2) is 5.13 Å². The Morgan fingerprint density at radius 2 is 1.85 bits per heavy atom. The molecule has 0 N–H and O–H groups in total. The predicted molar refractivity (Wildman–Crippen MR) is 128 cm³/mol. The number of carbonyl (C=O) groups excluding carboxylic acids is 1. The van der Waals surface area contributed by atoms with Crippen LogP contribution in [0.15, 0.2) is 70.2 Å². The molecule has 0 bridgehead atoms. The Morgan fingerprint density at radius 3 is 2.52 bits per heavy atom. The molecule has 5 rings (SSSR count). The van der Waals surface area contributed by atoms with E-state index in [2.05, 4.69) is 0 Å². The maximum absolute atomic E-state index is 13.5. The standard InChI is InChI=1S/C24H23N3O4S2/c1-17-6-4-8-21-22(17)25-24(32-21)27(16-19-7-5-15-31-19)23(28)18-9-11-20(12-10-18)33(29,30)26-13-2-3-14-26/h4-12,15H,2-3,13-14,16H2,1H3. The van der Waals surface area contributed by atoms with Crippen molar-refractivity contribution < 1.29 is 17.6 Å². The average Bonchev–Trinajstić information content (AvgIpc) is 3.59. The third-order valence-corrected chi connectivity index (χ3v) is 8.74. The van der Waals surface area contributed by atoms with Gasteiger partial charge in [-0.2, -0.15) is 4.31 Å². The summed E-state index contributed by atoms with van der Waals surface area (Å²) in [5.41, 5.74) is 2.29. The summed E-state index contributed by atoms with van der Waals surface area (Å²) in [6, 6.07) is 15.7. The number of aromatic nitrogens is 1. The van der Waals surface area contributed by atoms with Crippen LogP contribution >= 0.6 is 11.3 Å². The monoisotopic (exact) mass is 481 g/mol. The molecule has 9 heteroatoms. The van der Waals surface area contributed by atoms with Gasteiger partial charge in [0.05, 0.1) is 27.9 Å². The fourth-order valence-electron chi connectivity index (χ4n) is 3.98. The fraction of sp³-hybridized carbons (Fsp3) is 0.250. The second kappa shape index (κ2) is 8.74. The molecule has 1 saturated heterocycles. The Morgan fingerprint density at radius 1 is 1.09 bits per heavy atom. The molecule has 1 aliphatic rings. The van der Waals surface area contributed by atoms with Crippen LogP contribution < -0.4 is 4.90 Å². The highest BCUT2D eigenvalue weighted by molar-refractivity contribution is 7.89. The molecule has 2 aromatic carbocycles. The van der Waals surface area contributed by atoms with Gasteiger partial charge in [0.25, 0.3) is 5.91 Å². The summed E-state index contributed by atoms with van der Waals surface area (Å²) >= 11 is 1.44. The molecule has 0 saturated carbocycles. The van der Waals surface area contributed by atoms with Gasteiger partial charge in [-0.15, -0.1) is 0 Å². The smallest absolute Gasteiger partial charge is 0.260 e. The van der Waals surface area contributed by atoms with Crippen LogP contribution in [0.2, 0.25) is 0 Å². The number of hydrogen-bond acceptors (Lipinski definition) is 6. The number of furan rings is 1. The molecule has 0 spiro atoms. The first-order valence-electron chi connectivity index (χ1n) is 10.7. The molecular formula is C24H23N3O4S2. The lowest BCUT2D eigenvalue weighted by molar-refractivity contribution is 0.0983. The molecule has 7 nitrogen and oxygen atoms in total. The summed E-state index contributed by atoms with van der Waals surface area (Å²) in [4.78, 5) is 20.0.